The number of ether oxygens (including phenoxy) is 2. The molecule has 0 unspecified atom stereocenters. The minimum Gasteiger partial charge on any atom is -0.429 e. The van der Waals surface area contributed by atoms with E-state index in [4.69, 9.17) is 9.47 Å². The molecule has 6 heteroatoms. The third kappa shape index (κ3) is 12.2. The van der Waals surface area contributed by atoms with Crippen molar-refractivity contribution in [2.24, 2.45) is 0 Å². The highest BCUT2D eigenvalue weighted by Crippen LogP contribution is 2.36. The Hall–Kier alpha value is -3.02. The fraction of sp³-hybridized carbons (Fsp3) is 0.514. The highest BCUT2D eigenvalue weighted by atomic mass is 19.3. The van der Waals surface area contributed by atoms with Gasteiger partial charge in [0.2, 0.25) is 0 Å². The molecule has 0 aromatic heterocycles. The van der Waals surface area contributed by atoms with Crippen molar-refractivity contribution in [2.75, 3.05) is 0 Å². The number of unbranched alkanes of at least 4 members (excludes halogenated alkanes) is 11. The maximum atomic E-state index is 14.9. The van der Waals surface area contributed by atoms with Gasteiger partial charge in [-0.1, -0.05) is 109 Å². The third-order valence-electron chi connectivity index (χ3n) is 7.78. The van der Waals surface area contributed by atoms with Crippen LogP contribution in [0.1, 0.15) is 120 Å². The first-order valence-electron chi connectivity index (χ1n) is 16.2. The summed E-state index contributed by atoms with van der Waals surface area (Å²) in [6.07, 6.45) is 10.1. The van der Waals surface area contributed by atoms with Gasteiger partial charge in [-0.15, -0.1) is 0 Å². The van der Waals surface area contributed by atoms with E-state index in [2.05, 4.69) is 13.8 Å². The highest BCUT2D eigenvalue weighted by Gasteiger charge is 2.38. The topological polar surface area (TPSA) is 18.5 Å². The molecule has 0 fully saturated rings. The molecule has 0 saturated heterocycles. The monoisotopic (exact) mass is 600 g/mol. The molecule has 3 rings (SSSR count). The van der Waals surface area contributed by atoms with E-state index in [1.54, 1.807) is 24.3 Å². The molecule has 0 amide bonds. The number of halogens is 4. The summed E-state index contributed by atoms with van der Waals surface area (Å²) in [5.41, 5.74) is 1.11. The smallest absolute Gasteiger partial charge is 0.426 e. The van der Waals surface area contributed by atoms with E-state index in [1.165, 1.54) is 82.1 Å². The Kier molecular flexibility index (Phi) is 14.4. The Bertz CT molecular complexity index is 1160. The predicted octanol–water partition coefficient (Wildman–Crippen LogP) is 12.1. The van der Waals surface area contributed by atoms with Crippen LogP contribution in [0.2, 0.25) is 0 Å². The van der Waals surface area contributed by atoms with E-state index in [-0.39, 0.29) is 11.5 Å². The molecule has 0 bridgehead atoms. The summed E-state index contributed by atoms with van der Waals surface area (Å²) in [7, 11) is 0. The molecule has 0 aliphatic heterocycles. The lowest BCUT2D eigenvalue weighted by Crippen LogP contribution is -2.24. The Balaban J connectivity index is 1.47. The van der Waals surface area contributed by atoms with Crippen LogP contribution >= 0.6 is 0 Å². The van der Waals surface area contributed by atoms with E-state index < -0.39 is 23.3 Å². The van der Waals surface area contributed by atoms with Gasteiger partial charge >= 0.3 is 12.2 Å². The minimum absolute atomic E-state index is 0.0184. The van der Waals surface area contributed by atoms with E-state index in [1.807, 2.05) is 0 Å². The lowest BCUT2D eigenvalue weighted by Gasteiger charge is -2.21. The van der Waals surface area contributed by atoms with Gasteiger partial charge in [-0.2, -0.15) is 17.6 Å². The van der Waals surface area contributed by atoms with Crippen molar-refractivity contribution in [1.82, 2.24) is 0 Å². The fourth-order valence-corrected chi connectivity index (χ4v) is 5.12. The van der Waals surface area contributed by atoms with Crippen molar-refractivity contribution in [3.05, 3.63) is 95.1 Å². The number of alkyl halides is 4. The first kappa shape index (κ1) is 34.5. The van der Waals surface area contributed by atoms with Crippen molar-refractivity contribution in [3.8, 4) is 11.5 Å². The Labute approximate surface area is 255 Å². The van der Waals surface area contributed by atoms with Crippen LogP contribution in [-0.2, 0) is 25.1 Å². The largest absolute Gasteiger partial charge is 0.429 e. The van der Waals surface area contributed by atoms with Crippen molar-refractivity contribution >= 4 is 0 Å². The van der Waals surface area contributed by atoms with Crippen LogP contribution < -0.4 is 9.47 Å². The van der Waals surface area contributed by atoms with Gasteiger partial charge < -0.3 is 9.47 Å². The summed E-state index contributed by atoms with van der Waals surface area (Å²) in [4.78, 5) is 0. The molecule has 236 valence electrons. The molecule has 2 nitrogen and oxygen atoms in total. The molecule has 0 saturated carbocycles. The molecule has 0 heterocycles. The first-order valence-corrected chi connectivity index (χ1v) is 16.2. The second-order valence-electron chi connectivity index (χ2n) is 11.5. The fourth-order valence-electron chi connectivity index (χ4n) is 5.12. The number of aryl methyl sites for hydroxylation is 2. The number of rotatable bonds is 21. The van der Waals surface area contributed by atoms with Crippen LogP contribution in [-0.4, -0.2) is 0 Å². The summed E-state index contributed by atoms with van der Waals surface area (Å²) in [5, 5.41) is 0. The van der Waals surface area contributed by atoms with Crippen LogP contribution in [0, 0.1) is 0 Å². The lowest BCUT2D eigenvalue weighted by molar-refractivity contribution is -0.188. The average molecular weight is 601 g/mol. The molecule has 0 N–H and O–H groups in total. The number of hydrogen-bond donors (Lipinski definition) is 0. The van der Waals surface area contributed by atoms with Gasteiger partial charge in [-0.25, -0.2) is 0 Å². The normalized spacial score (nSPS) is 12.0. The van der Waals surface area contributed by atoms with E-state index >= 15 is 0 Å². The number of hydrogen-bond acceptors (Lipinski definition) is 2. The van der Waals surface area contributed by atoms with Crippen molar-refractivity contribution < 1.29 is 27.0 Å². The second kappa shape index (κ2) is 17.9. The second-order valence-corrected chi connectivity index (χ2v) is 11.5. The quantitative estimate of drug-likeness (QED) is 0.0894. The Morgan fingerprint density at radius 2 is 0.721 bits per heavy atom. The SMILES string of the molecule is CCCCCCCCCc1ccc(OC(F)(F)c2ccc(C(F)(F)Oc3ccc(CCCCCCCC)cc3)cc2)cc1. The molecule has 0 atom stereocenters. The Morgan fingerprint density at radius 1 is 0.419 bits per heavy atom. The van der Waals surface area contributed by atoms with Crippen LogP contribution in [0.25, 0.3) is 0 Å². The maximum Gasteiger partial charge on any atom is 0.426 e. The highest BCUT2D eigenvalue weighted by molar-refractivity contribution is 5.32. The molecule has 0 radical (unpaired) electrons. The zero-order valence-corrected chi connectivity index (χ0v) is 25.9. The standard InChI is InChI=1S/C37H48F4O2/c1-3-5-7-9-11-13-15-17-31-20-28-35(29-21-31)43-37(40,41)33-24-22-32(23-25-33)36(38,39)42-34-26-18-30(19-27-34)16-14-12-10-8-6-4-2/h18-29H,3-17H2,1-2H3. The van der Waals surface area contributed by atoms with Gasteiger partial charge in [0, 0.05) is 0 Å². The predicted molar refractivity (Wildman–Crippen MR) is 167 cm³/mol. The molecule has 0 spiro atoms. The summed E-state index contributed by atoms with van der Waals surface area (Å²) >= 11 is 0. The molecule has 43 heavy (non-hydrogen) atoms. The summed E-state index contributed by atoms with van der Waals surface area (Å²) in [6.45, 7) is 4.39. The average Bonchev–Trinajstić information content (AvgIpc) is 3.00. The third-order valence-corrected chi connectivity index (χ3v) is 7.78. The van der Waals surface area contributed by atoms with Gasteiger partial charge in [-0.05, 0) is 85.3 Å². The molecule has 3 aromatic rings. The Morgan fingerprint density at radius 3 is 1.05 bits per heavy atom. The van der Waals surface area contributed by atoms with E-state index in [0.29, 0.717) is 0 Å². The molecule has 0 aliphatic carbocycles. The zero-order valence-electron chi connectivity index (χ0n) is 25.9. The summed E-state index contributed by atoms with van der Waals surface area (Å²) < 4.78 is 69.3. The van der Waals surface area contributed by atoms with Crippen LogP contribution in [0.15, 0.2) is 72.8 Å². The molecular weight excluding hydrogens is 552 g/mol. The zero-order chi connectivity index (χ0) is 31.0. The molecule has 0 aliphatic rings. The van der Waals surface area contributed by atoms with Crippen LogP contribution in [0.5, 0.6) is 11.5 Å². The van der Waals surface area contributed by atoms with Crippen LogP contribution in [0.4, 0.5) is 17.6 Å². The van der Waals surface area contributed by atoms with E-state index in [9.17, 15) is 17.6 Å². The van der Waals surface area contributed by atoms with Gasteiger partial charge in [0.1, 0.15) is 11.5 Å². The van der Waals surface area contributed by atoms with Crippen molar-refractivity contribution in [1.29, 1.82) is 0 Å². The molecule has 3 aromatic carbocycles. The summed E-state index contributed by atoms with van der Waals surface area (Å²) in [5.74, 6) is 0.0378. The van der Waals surface area contributed by atoms with E-state index in [0.717, 1.165) is 73.9 Å². The molecular formula is C37H48F4O2. The lowest BCUT2D eigenvalue weighted by atomic mass is 10.0. The summed E-state index contributed by atoms with van der Waals surface area (Å²) in [6, 6.07) is 17.1. The van der Waals surface area contributed by atoms with Crippen LogP contribution in [0.3, 0.4) is 0 Å². The van der Waals surface area contributed by atoms with Gasteiger partial charge in [0.25, 0.3) is 0 Å². The van der Waals surface area contributed by atoms with Gasteiger partial charge in [0.15, 0.2) is 0 Å². The number of benzene rings is 3. The van der Waals surface area contributed by atoms with Crippen molar-refractivity contribution in [3.63, 3.8) is 0 Å². The van der Waals surface area contributed by atoms with Gasteiger partial charge in [-0.3, -0.25) is 0 Å². The van der Waals surface area contributed by atoms with Gasteiger partial charge in [0.05, 0.1) is 11.1 Å². The van der Waals surface area contributed by atoms with Crippen molar-refractivity contribution in [2.45, 2.75) is 122 Å². The minimum atomic E-state index is -3.68. The first-order chi connectivity index (χ1) is 20.7. The maximum absolute atomic E-state index is 14.9.